The Bertz CT molecular complexity index is 285. The number of ether oxygens (including phenoxy) is 3. The van der Waals surface area contributed by atoms with Crippen molar-refractivity contribution in [3.8, 4) is 0 Å². The van der Waals surface area contributed by atoms with E-state index in [4.69, 9.17) is 19.9 Å². The summed E-state index contributed by atoms with van der Waals surface area (Å²) in [5, 5.41) is 2.43. The van der Waals surface area contributed by atoms with Gasteiger partial charge in [0.2, 0.25) is 0 Å². The van der Waals surface area contributed by atoms with E-state index in [2.05, 4.69) is 12.2 Å². The molecule has 6 nitrogen and oxygen atoms in total. The van der Waals surface area contributed by atoms with Gasteiger partial charge in [-0.3, -0.25) is 0 Å². The second-order valence-electron chi connectivity index (χ2n) is 6.14. The van der Waals surface area contributed by atoms with Crippen molar-refractivity contribution in [2.24, 2.45) is 5.73 Å². The summed E-state index contributed by atoms with van der Waals surface area (Å²) in [7, 11) is 0. The number of nitrogens with one attached hydrogen (secondary N) is 1. The smallest absolute Gasteiger partial charge is 0.312 e. The maximum absolute atomic E-state index is 9.87. The second-order valence-corrected chi connectivity index (χ2v) is 6.14. The Balaban J connectivity index is 0. The number of primary amides is 1. The minimum atomic E-state index is -0.804. The molecule has 0 aliphatic carbocycles. The summed E-state index contributed by atoms with van der Waals surface area (Å²) in [5.74, 6) is -0.804. The number of nitrogens with two attached hydrogens (primary N) is 1. The molecule has 0 aliphatic rings. The van der Waals surface area contributed by atoms with E-state index in [1.54, 1.807) is 0 Å². The van der Waals surface area contributed by atoms with Crippen molar-refractivity contribution in [2.75, 3.05) is 26.4 Å². The van der Waals surface area contributed by atoms with Crippen molar-refractivity contribution in [3.63, 3.8) is 0 Å². The highest BCUT2D eigenvalue weighted by Gasteiger charge is 2.31. The summed E-state index contributed by atoms with van der Waals surface area (Å²) >= 11 is 0. The molecule has 0 bridgehead atoms. The van der Waals surface area contributed by atoms with Gasteiger partial charge in [0.05, 0.1) is 0 Å². The van der Waals surface area contributed by atoms with Gasteiger partial charge in [0.1, 0.15) is 0 Å². The number of rotatable bonds is 16. The zero-order chi connectivity index (χ0) is 20.1. The Kier molecular flexibility index (Phi) is 21.5. The van der Waals surface area contributed by atoms with Gasteiger partial charge in [-0.05, 0) is 33.6 Å². The first-order chi connectivity index (χ1) is 12.5. The molecule has 3 N–H and O–H groups in total. The lowest BCUT2D eigenvalue weighted by atomic mass is 10.1. The maximum atomic E-state index is 9.87. The lowest BCUT2D eigenvalue weighted by molar-refractivity contribution is -0.380. The van der Waals surface area contributed by atoms with Crippen LogP contribution in [0.4, 0.5) is 4.79 Å². The Hall–Kier alpha value is -0.850. The van der Waals surface area contributed by atoms with Crippen LogP contribution >= 0.6 is 0 Å². The molecule has 0 rings (SSSR count). The van der Waals surface area contributed by atoms with Crippen LogP contribution < -0.4 is 11.1 Å². The fourth-order valence-corrected chi connectivity index (χ4v) is 2.55. The number of hydrogen-bond acceptors (Lipinski definition) is 4. The zero-order valence-corrected chi connectivity index (χ0v) is 17.9. The summed E-state index contributed by atoms with van der Waals surface area (Å²) < 4.78 is 17.1. The molecule has 158 valence electrons. The third kappa shape index (κ3) is 18.0. The topological polar surface area (TPSA) is 82.8 Å². The summed E-state index contributed by atoms with van der Waals surface area (Å²) in [5.41, 5.74) is 4.73. The third-order valence-electron chi connectivity index (χ3n) is 3.73. The van der Waals surface area contributed by atoms with Gasteiger partial charge < -0.3 is 25.3 Å². The van der Waals surface area contributed by atoms with Crippen LogP contribution in [0.15, 0.2) is 0 Å². The minimum Gasteiger partial charge on any atom is -0.352 e. The summed E-state index contributed by atoms with van der Waals surface area (Å²) in [6.07, 6.45) is 10.8. The normalized spacial score (nSPS) is 11.0. The molecule has 0 aromatic heterocycles. The number of unbranched alkanes of at least 4 members (excludes halogenated alkanes) is 6. The molecule has 0 spiro atoms. The molecular weight excluding hydrogens is 332 g/mol. The SMILES string of the molecule is CCCCCCCCCC(OCC)(OCC)OCC.CCCNC(N)=O. The molecule has 0 aliphatic heterocycles. The van der Waals surface area contributed by atoms with Gasteiger partial charge in [0.15, 0.2) is 0 Å². The molecule has 0 aromatic rings. The van der Waals surface area contributed by atoms with Crippen LogP contribution in [0.1, 0.15) is 92.4 Å². The van der Waals surface area contributed by atoms with Crippen LogP contribution in [0.3, 0.4) is 0 Å². The summed E-state index contributed by atoms with van der Waals surface area (Å²) in [6, 6.07) is -0.443. The molecule has 26 heavy (non-hydrogen) atoms. The van der Waals surface area contributed by atoms with E-state index in [1.807, 2.05) is 27.7 Å². The van der Waals surface area contributed by atoms with Crippen molar-refractivity contribution in [2.45, 2.75) is 98.4 Å². The van der Waals surface area contributed by atoms with E-state index >= 15 is 0 Å². The summed E-state index contributed by atoms with van der Waals surface area (Å²) in [4.78, 5) is 9.87. The van der Waals surface area contributed by atoms with Gasteiger partial charge in [-0.15, -0.1) is 0 Å². The van der Waals surface area contributed by atoms with Gasteiger partial charge in [-0.1, -0.05) is 52.4 Å². The lowest BCUT2D eigenvalue weighted by Gasteiger charge is -2.32. The molecule has 0 atom stereocenters. The average molecular weight is 377 g/mol. The highest BCUT2D eigenvalue weighted by molar-refractivity contribution is 5.71. The highest BCUT2D eigenvalue weighted by atomic mass is 16.9. The molecule has 0 saturated heterocycles. The highest BCUT2D eigenvalue weighted by Crippen LogP contribution is 2.24. The van der Waals surface area contributed by atoms with Crippen LogP contribution in [-0.2, 0) is 14.2 Å². The van der Waals surface area contributed by atoms with Gasteiger partial charge in [0, 0.05) is 32.8 Å². The predicted molar refractivity (Wildman–Crippen MR) is 108 cm³/mol. The van der Waals surface area contributed by atoms with E-state index in [1.165, 1.54) is 38.5 Å². The largest absolute Gasteiger partial charge is 0.352 e. The van der Waals surface area contributed by atoms with Crippen LogP contribution in [0.5, 0.6) is 0 Å². The summed E-state index contributed by atoms with van der Waals surface area (Å²) in [6.45, 7) is 12.7. The van der Waals surface area contributed by atoms with Crippen molar-refractivity contribution in [1.82, 2.24) is 5.32 Å². The Morgan fingerprint density at radius 1 is 0.769 bits per heavy atom. The molecule has 0 aromatic carbocycles. The van der Waals surface area contributed by atoms with E-state index < -0.39 is 12.0 Å². The quantitative estimate of drug-likeness (QED) is 0.295. The minimum absolute atomic E-state index is 0.443. The Labute approximate surface area is 161 Å². The van der Waals surface area contributed by atoms with Crippen LogP contribution in [0, 0.1) is 0 Å². The predicted octanol–water partition coefficient (Wildman–Crippen LogP) is 4.96. The molecule has 0 fully saturated rings. The first-order valence-electron chi connectivity index (χ1n) is 10.5. The van der Waals surface area contributed by atoms with Crippen molar-refractivity contribution in [3.05, 3.63) is 0 Å². The van der Waals surface area contributed by atoms with E-state index in [9.17, 15) is 4.79 Å². The van der Waals surface area contributed by atoms with E-state index in [0.717, 1.165) is 19.3 Å². The Morgan fingerprint density at radius 2 is 1.23 bits per heavy atom. The fraction of sp³-hybridized carbons (Fsp3) is 0.950. The average Bonchev–Trinajstić information content (AvgIpc) is 2.60. The van der Waals surface area contributed by atoms with Crippen molar-refractivity contribution >= 4 is 6.03 Å². The number of carbonyl (C=O) groups excluding carboxylic acids is 1. The van der Waals surface area contributed by atoms with E-state index in [0.29, 0.717) is 26.4 Å². The maximum Gasteiger partial charge on any atom is 0.312 e. The molecule has 0 heterocycles. The second kappa shape index (κ2) is 20.5. The van der Waals surface area contributed by atoms with Crippen LogP contribution in [0.25, 0.3) is 0 Å². The number of hydrogen-bond donors (Lipinski definition) is 2. The van der Waals surface area contributed by atoms with Gasteiger partial charge in [-0.2, -0.15) is 0 Å². The van der Waals surface area contributed by atoms with Crippen molar-refractivity contribution < 1.29 is 19.0 Å². The zero-order valence-electron chi connectivity index (χ0n) is 17.9. The van der Waals surface area contributed by atoms with Gasteiger partial charge in [0.25, 0.3) is 5.97 Å². The first kappa shape index (κ1) is 27.4. The standard InChI is InChI=1S/C16H34O3.C4H10N2O/c1-5-9-10-11-12-13-14-15-16(17-6-2,18-7-3)19-8-4;1-2-3-6-4(5)7/h5-15H2,1-4H3;2-3H2,1H3,(H3,5,6,7). The molecule has 0 unspecified atom stereocenters. The fourth-order valence-electron chi connectivity index (χ4n) is 2.55. The number of carbonyl (C=O) groups is 1. The van der Waals surface area contributed by atoms with E-state index in [-0.39, 0.29) is 0 Å². The van der Waals surface area contributed by atoms with Crippen LogP contribution in [-0.4, -0.2) is 38.4 Å². The molecule has 6 heteroatoms. The molecule has 0 radical (unpaired) electrons. The lowest BCUT2D eigenvalue weighted by Crippen LogP contribution is -2.39. The molecule has 0 saturated carbocycles. The first-order valence-corrected chi connectivity index (χ1v) is 10.5. The molecule has 2 amide bonds. The Morgan fingerprint density at radius 3 is 1.58 bits per heavy atom. The number of urea groups is 1. The van der Waals surface area contributed by atoms with Crippen molar-refractivity contribution in [1.29, 1.82) is 0 Å². The molecular formula is C20H44N2O4. The number of amides is 2. The van der Waals surface area contributed by atoms with Gasteiger partial charge >= 0.3 is 6.03 Å². The van der Waals surface area contributed by atoms with Crippen LogP contribution in [0.2, 0.25) is 0 Å². The van der Waals surface area contributed by atoms with Gasteiger partial charge in [-0.25, -0.2) is 4.79 Å². The third-order valence-corrected chi connectivity index (χ3v) is 3.73. The monoisotopic (exact) mass is 376 g/mol.